The Morgan fingerprint density at radius 3 is 2.61 bits per heavy atom. The van der Waals surface area contributed by atoms with Crippen LogP contribution in [0, 0.1) is 5.92 Å². The Hall–Kier alpha value is -0.870. The summed E-state index contributed by atoms with van der Waals surface area (Å²) in [7, 11) is 0. The molecule has 0 aliphatic carbocycles. The molecule has 1 amide bonds. The summed E-state index contributed by atoms with van der Waals surface area (Å²) in [6, 6.07) is 7.86. The van der Waals surface area contributed by atoms with Crippen LogP contribution in [0.4, 0.5) is 0 Å². The molecule has 0 aromatic heterocycles. The third-order valence-electron chi connectivity index (χ3n) is 3.21. The first-order chi connectivity index (χ1) is 8.74. The van der Waals surface area contributed by atoms with Gasteiger partial charge in [-0.15, -0.1) is 0 Å². The van der Waals surface area contributed by atoms with Crippen LogP contribution < -0.4 is 5.32 Å². The maximum Gasteiger partial charge on any atom is 0.224 e. The second-order valence-corrected chi connectivity index (χ2v) is 5.58. The molecule has 1 aromatic rings. The number of ether oxygens (including phenoxy) is 1. The van der Waals surface area contributed by atoms with Gasteiger partial charge in [0.25, 0.3) is 0 Å². The molecule has 1 fully saturated rings. The fourth-order valence-electron chi connectivity index (χ4n) is 2.06. The molecule has 2 rings (SSSR count). The van der Waals surface area contributed by atoms with Crippen molar-refractivity contribution in [1.82, 2.24) is 5.32 Å². The third-order valence-corrected chi connectivity index (χ3v) is 3.74. The average Bonchev–Trinajstić information content (AvgIpc) is 2.40. The molecule has 0 spiro atoms. The molecule has 1 aliphatic rings. The Bertz CT molecular complexity index is 385. The lowest BCUT2D eigenvalue weighted by atomic mass is 10.0. The zero-order valence-corrected chi connectivity index (χ0v) is 11.9. The predicted molar refractivity (Wildman–Crippen MR) is 74.4 cm³/mol. The van der Waals surface area contributed by atoms with E-state index in [0.29, 0.717) is 12.3 Å². The fourth-order valence-corrected chi connectivity index (χ4v) is 2.32. The number of hydrogen-bond donors (Lipinski definition) is 1. The lowest BCUT2D eigenvalue weighted by Crippen LogP contribution is -2.33. The van der Waals surface area contributed by atoms with Crippen LogP contribution in [-0.4, -0.2) is 25.7 Å². The zero-order valence-electron chi connectivity index (χ0n) is 10.3. The molecule has 1 aliphatic heterocycles. The molecule has 3 nitrogen and oxygen atoms in total. The van der Waals surface area contributed by atoms with Crippen LogP contribution in [0.15, 0.2) is 28.7 Å². The minimum Gasteiger partial charge on any atom is -0.381 e. The fraction of sp³-hybridized carbons (Fsp3) is 0.500. The van der Waals surface area contributed by atoms with E-state index in [2.05, 4.69) is 21.2 Å². The number of nitrogens with one attached hydrogen (secondary N) is 1. The number of carbonyl (C=O) groups excluding carboxylic acids is 1. The van der Waals surface area contributed by atoms with Crippen molar-refractivity contribution in [3.63, 3.8) is 0 Å². The highest BCUT2D eigenvalue weighted by Crippen LogP contribution is 2.13. The minimum absolute atomic E-state index is 0.101. The molecule has 1 N–H and O–H groups in total. The summed E-state index contributed by atoms with van der Waals surface area (Å²) in [6.45, 7) is 2.43. The van der Waals surface area contributed by atoms with Crippen molar-refractivity contribution in [3.05, 3.63) is 34.3 Å². The van der Waals surface area contributed by atoms with E-state index in [0.717, 1.165) is 42.6 Å². The summed E-state index contributed by atoms with van der Waals surface area (Å²) in [5, 5.41) is 3.01. The van der Waals surface area contributed by atoms with Crippen LogP contribution in [0.1, 0.15) is 18.4 Å². The normalized spacial score (nSPS) is 16.5. The third kappa shape index (κ3) is 4.42. The molecule has 1 saturated heterocycles. The van der Waals surface area contributed by atoms with Crippen LogP contribution in [-0.2, 0) is 16.0 Å². The van der Waals surface area contributed by atoms with Gasteiger partial charge in [-0.25, -0.2) is 0 Å². The summed E-state index contributed by atoms with van der Waals surface area (Å²) in [5.74, 6) is 0.677. The van der Waals surface area contributed by atoms with Crippen molar-refractivity contribution >= 4 is 21.8 Å². The van der Waals surface area contributed by atoms with Crippen molar-refractivity contribution in [2.24, 2.45) is 5.92 Å². The largest absolute Gasteiger partial charge is 0.381 e. The van der Waals surface area contributed by atoms with Crippen LogP contribution in [0.5, 0.6) is 0 Å². The monoisotopic (exact) mass is 311 g/mol. The predicted octanol–water partition coefficient (Wildman–Crippen LogP) is 2.53. The molecule has 4 heteroatoms. The van der Waals surface area contributed by atoms with Gasteiger partial charge in [-0.1, -0.05) is 28.1 Å². The van der Waals surface area contributed by atoms with E-state index in [9.17, 15) is 4.79 Å². The molecule has 0 saturated carbocycles. The Morgan fingerprint density at radius 1 is 1.28 bits per heavy atom. The first kappa shape index (κ1) is 13.6. The molecular formula is C14H18BrNO2. The van der Waals surface area contributed by atoms with Gasteiger partial charge in [-0.2, -0.15) is 0 Å². The van der Waals surface area contributed by atoms with Gasteiger partial charge in [0.05, 0.1) is 6.42 Å². The SMILES string of the molecule is O=C(Cc1ccc(Br)cc1)NCC1CCOCC1. The number of amides is 1. The van der Waals surface area contributed by atoms with Gasteiger partial charge in [-0.3, -0.25) is 4.79 Å². The first-order valence-corrected chi connectivity index (χ1v) is 7.12. The van der Waals surface area contributed by atoms with Gasteiger partial charge in [0.15, 0.2) is 0 Å². The second-order valence-electron chi connectivity index (χ2n) is 4.66. The van der Waals surface area contributed by atoms with E-state index in [1.807, 2.05) is 24.3 Å². The Balaban J connectivity index is 1.73. The Kier molecular flexibility index (Phi) is 5.20. The Labute approximate surface area is 116 Å². The molecule has 0 bridgehead atoms. The molecular weight excluding hydrogens is 294 g/mol. The lowest BCUT2D eigenvalue weighted by Gasteiger charge is -2.22. The van der Waals surface area contributed by atoms with E-state index in [4.69, 9.17) is 4.74 Å². The average molecular weight is 312 g/mol. The van der Waals surface area contributed by atoms with Crippen molar-refractivity contribution in [2.45, 2.75) is 19.3 Å². The highest BCUT2D eigenvalue weighted by Gasteiger charge is 2.14. The van der Waals surface area contributed by atoms with Crippen molar-refractivity contribution in [3.8, 4) is 0 Å². The van der Waals surface area contributed by atoms with Crippen molar-refractivity contribution in [1.29, 1.82) is 0 Å². The van der Waals surface area contributed by atoms with Gasteiger partial charge in [0, 0.05) is 24.2 Å². The van der Waals surface area contributed by atoms with Crippen molar-refractivity contribution < 1.29 is 9.53 Å². The van der Waals surface area contributed by atoms with Gasteiger partial charge in [-0.05, 0) is 36.5 Å². The van der Waals surface area contributed by atoms with Crippen LogP contribution in [0.3, 0.4) is 0 Å². The smallest absolute Gasteiger partial charge is 0.224 e. The molecule has 1 heterocycles. The molecule has 0 radical (unpaired) electrons. The number of halogens is 1. The van der Waals surface area contributed by atoms with E-state index in [1.165, 1.54) is 0 Å². The first-order valence-electron chi connectivity index (χ1n) is 6.33. The maximum atomic E-state index is 11.8. The highest BCUT2D eigenvalue weighted by atomic mass is 79.9. The quantitative estimate of drug-likeness (QED) is 0.928. The molecule has 0 unspecified atom stereocenters. The van der Waals surface area contributed by atoms with E-state index >= 15 is 0 Å². The van der Waals surface area contributed by atoms with Crippen LogP contribution in [0.2, 0.25) is 0 Å². The zero-order chi connectivity index (χ0) is 12.8. The molecule has 18 heavy (non-hydrogen) atoms. The number of hydrogen-bond acceptors (Lipinski definition) is 2. The lowest BCUT2D eigenvalue weighted by molar-refractivity contribution is -0.120. The summed E-state index contributed by atoms with van der Waals surface area (Å²) >= 11 is 3.38. The molecule has 1 aromatic carbocycles. The number of carbonyl (C=O) groups is 1. The van der Waals surface area contributed by atoms with Crippen LogP contribution in [0.25, 0.3) is 0 Å². The number of rotatable bonds is 4. The summed E-state index contributed by atoms with van der Waals surface area (Å²) in [6.07, 6.45) is 2.56. The molecule has 98 valence electrons. The summed E-state index contributed by atoms with van der Waals surface area (Å²) in [4.78, 5) is 11.8. The van der Waals surface area contributed by atoms with E-state index < -0.39 is 0 Å². The Morgan fingerprint density at radius 2 is 1.94 bits per heavy atom. The van der Waals surface area contributed by atoms with E-state index in [1.54, 1.807) is 0 Å². The molecule has 0 atom stereocenters. The van der Waals surface area contributed by atoms with Crippen molar-refractivity contribution in [2.75, 3.05) is 19.8 Å². The number of benzene rings is 1. The van der Waals surface area contributed by atoms with Gasteiger partial charge in [0.2, 0.25) is 5.91 Å². The topological polar surface area (TPSA) is 38.3 Å². The van der Waals surface area contributed by atoms with Crippen LogP contribution >= 0.6 is 15.9 Å². The second kappa shape index (κ2) is 6.90. The summed E-state index contributed by atoms with van der Waals surface area (Å²) in [5.41, 5.74) is 1.04. The van der Waals surface area contributed by atoms with Gasteiger partial charge >= 0.3 is 0 Å². The standard InChI is InChI=1S/C14H18BrNO2/c15-13-3-1-11(2-4-13)9-14(17)16-10-12-5-7-18-8-6-12/h1-4,12H,5-10H2,(H,16,17). The highest BCUT2D eigenvalue weighted by molar-refractivity contribution is 9.10. The maximum absolute atomic E-state index is 11.8. The van der Waals surface area contributed by atoms with Gasteiger partial charge in [0.1, 0.15) is 0 Å². The van der Waals surface area contributed by atoms with E-state index in [-0.39, 0.29) is 5.91 Å². The summed E-state index contributed by atoms with van der Waals surface area (Å²) < 4.78 is 6.33. The van der Waals surface area contributed by atoms with Gasteiger partial charge < -0.3 is 10.1 Å². The minimum atomic E-state index is 0.101.